The van der Waals surface area contributed by atoms with Crippen LogP contribution in [-0.2, 0) is 6.54 Å². The van der Waals surface area contributed by atoms with Crippen molar-refractivity contribution in [2.75, 3.05) is 12.4 Å². The Morgan fingerprint density at radius 2 is 2.00 bits per heavy atom. The molecule has 0 bridgehead atoms. The number of furan rings is 1. The van der Waals surface area contributed by atoms with E-state index < -0.39 is 0 Å². The molecule has 4 heteroatoms. The molecule has 0 saturated carbocycles. The lowest BCUT2D eigenvalue weighted by molar-refractivity contribution is 0.416. The van der Waals surface area contributed by atoms with Crippen molar-refractivity contribution in [2.24, 2.45) is 0 Å². The predicted octanol–water partition coefficient (Wildman–Crippen LogP) is 5.02. The monoisotopic (exact) mass is 301 g/mol. The van der Waals surface area contributed by atoms with Gasteiger partial charge in [0.25, 0.3) is 0 Å². The summed E-state index contributed by atoms with van der Waals surface area (Å²) in [6, 6.07) is 13.9. The van der Waals surface area contributed by atoms with E-state index in [-0.39, 0.29) is 0 Å². The van der Waals surface area contributed by atoms with Crippen LogP contribution in [0.3, 0.4) is 0 Å². The molecule has 0 spiro atoms. The number of benzene rings is 2. The number of ether oxygens (including phenoxy) is 1. The van der Waals surface area contributed by atoms with Crippen LogP contribution in [0.5, 0.6) is 5.75 Å². The first-order valence-electron chi connectivity index (χ1n) is 6.73. The number of hydrogen-bond donors (Lipinski definition) is 1. The molecule has 1 aromatic heterocycles. The van der Waals surface area contributed by atoms with Crippen LogP contribution in [-0.4, -0.2) is 7.11 Å². The first-order chi connectivity index (χ1) is 10.2. The topological polar surface area (TPSA) is 34.4 Å². The second-order valence-corrected chi connectivity index (χ2v) is 5.25. The lowest BCUT2D eigenvalue weighted by Crippen LogP contribution is -2.01. The zero-order valence-corrected chi connectivity index (χ0v) is 12.7. The van der Waals surface area contributed by atoms with Gasteiger partial charge in [-0.05, 0) is 42.3 Å². The molecule has 0 aliphatic carbocycles. The number of aryl methyl sites for hydroxylation is 1. The van der Waals surface area contributed by atoms with Crippen molar-refractivity contribution in [3.63, 3.8) is 0 Å². The average Bonchev–Trinajstić information content (AvgIpc) is 2.81. The number of nitrogens with one attached hydrogen (secondary N) is 1. The van der Waals surface area contributed by atoms with Gasteiger partial charge in [0.05, 0.1) is 12.8 Å². The van der Waals surface area contributed by atoms with Crippen molar-refractivity contribution < 1.29 is 9.15 Å². The van der Waals surface area contributed by atoms with Gasteiger partial charge in [-0.1, -0.05) is 24.3 Å². The molecule has 108 valence electrons. The van der Waals surface area contributed by atoms with Crippen molar-refractivity contribution in [3.05, 3.63) is 58.8 Å². The molecule has 0 aliphatic rings. The minimum atomic E-state index is 0.426. The maximum atomic E-state index is 6.20. The highest BCUT2D eigenvalue weighted by molar-refractivity contribution is 6.30. The Kier molecular flexibility index (Phi) is 3.76. The summed E-state index contributed by atoms with van der Waals surface area (Å²) >= 11 is 6.20. The first kappa shape index (κ1) is 13.8. The molecule has 0 unspecified atom stereocenters. The van der Waals surface area contributed by atoms with Crippen molar-refractivity contribution in [1.82, 2.24) is 0 Å². The maximum Gasteiger partial charge on any atom is 0.199 e. The largest absolute Gasteiger partial charge is 0.495 e. The molecule has 2 aromatic carbocycles. The van der Waals surface area contributed by atoms with Gasteiger partial charge in [-0.2, -0.15) is 0 Å². The number of hydrogen-bond acceptors (Lipinski definition) is 3. The third kappa shape index (κ3) is 2.69. The highest BCUT2D eigenvalue weighted by Crippen LogP contribution is 2.31. The molecule has 0 amide bonds. The molecular formula is C17H16ClNO2. The van der Waals surface area contributed by atoms with E-state index in [1.54, 1.807) is 7.11 Å². The van der Waals surface area contributed by atoms with Crippen LogP contribution in [0.2, 0.25) is 5.22 Å². The Bertz CT molecular complexity index is 780. The predicted molar refractivity (Wildman–Crippen MR) is 86.3 cm³/mol. The number of para-hydroxylation sites is 1. The summed E-state index contributed by atoms with van der Waals surface area (Å²) in [5, 5.41) is 4.83. The molecule has 3 rings (SSSR count). The lowest BCUT2D eigenvalue weighted by atomic mass is 10.1. The molecule has 1 heterocycles. The van der Waals surface area contributed by atoms with E-state index in [4.69, 9.17) is 20.8 Å². The van der Waals surface area contributed by atoms with Crippen molar-refractivity contribution in [2.45, 2.75) is 13.5 Å². The van der Waals surface area contributed by atoms with Gasteiger partial charge in [0.1, 0.15) is 11.3 Å². The smallest absolute Gasteiger partial charge is 0.199 e. The van der Waals surface area contributed by atoms with Crippen LogP contribution in [0.15, 0.2) is 46.9 Å². The number of methoxy groups -OCH3 is 1. The van der Waals surface area contributed by atoms with Crippen LogP contribution in [0.4, 0.5) is 5.69 Å². The van der Waals surface area contributed by atoms with E-state index in [1.165, 1.54) is 5.56 Å². The molecule has 0 fully saturated rings. The summed E-state index contributed by atoms with van der Waals surface area (Å²) in [7, 11) is 1.66. The van der Waals surface area contributed by atoms with Gasteiger partial charge < -0.3 is 14.5 Å². The Labute approximate surface area is 128 Å². The Hall–Kier alpha value is -2.13. The molecule has 0 atom stereocenters. The number of rotatable bonds is 4. The molecule has 3 nitrogen and oxygen atoms in total. The molecule has 0 saturated heterocycles. The van der Waals surface area contributed by atoms with Gasteiger partial charge in [0.15, 0.2) is 5.22 Å². The highest BCUT2D eigenvalue weighted by Gasteiger charge is 2.12. The van der Waals surface area contributed by atoms with Crippen LogP contribution >= 0.6 is 11.6 Å². The fourth-order valence-electron chi connectivity index (χ4n) is 2.38. The molecule has 0 aliphatic heterocycles. The minimum Gasteiger partial charge on any atom is -0.495 e. The van der Waals surface area contributed by atoms with Gasteiger partial charge in [-0.3, -0.25) is 0 Å². The number of anilines is 1. The molecule has 0 radical (unpaired) electrons. The minimum absolute atomic E-state index is 0.426. The zero-order chi connectivity index (χ0) is 14.8. The summed E-state index contributed by atoms with van der Waals surface area (Å²) < 4.78 is 10.9. The molecule has 3 aromatic rings. The van der Waals surface area contributed by atoms with E-state index in [9.17, 15) is 0 Å². The second kappa shape index (κ2) is 5.70. The number of halogens is 1. The normalized spacial score (nSPS) is 10.8. The number of fused-ring (bicyclic) bond motifs is 1. The van der Waals surface area contributed by atoms with Gasteiger partial charge in [-0.15, -0.1) is 0 Å². The van der Waals surface area contributed by atoms with Gasteiger partial charge in [0, 0.05) is 17.5 Å². The second-order valence-electron chi connectivity index (χ2n) is 4.91. The molecule has 21 heavy (non-hydrogen) atoms. The molecular weight excluding hydrogens is 286 g/mol. The van der Waals surface area contributed by atoms with E-state index in [1.807, 2.05) is 43.3 Å². The van der Waals surface area contributed by atoms with Crippen LogP contribution < -0.4 is 10.1 Å². The summed E-state index contributed by atoms with van der Waals surface area (Å²) in [4.78, 5) is 0. The first-order valence-corrected chi connectivity index (χ1v) is 7.11. The molecule has 1 N–H and O–H groups in total. The van der Waals surface area contributed by atoms with Gasteiger partial charge in [0.2, 0.25) is 0 Å². The zero-order valence-electron chi connectivity index (χ0n) is 11.9. The lowest BCUT2D eigenvalue weighted by Gasteiger charge is -2.11. The highest BCUT2D eigenvalue weighted by atomic mass is 35.5. The van der Waals surface area contributed by atoms with Crippen molar-refractivity contribution >= 4 is 28.3 Å². The Balaban J connectivity index is 1.90. The van der Waals surface area contributed by atoms with E-state index >= 15 is 0 Å². The van der Waals surface area contributed by atoms with Crippen LogP contribution in [0.25, 0.3) is 11.0 Å². The fourth-order valence-corrected chi connectivity index (χ4v) is 2.63. The van der Waals surface area contributed by atoms with Crippen LogP contribution in [0, 0.1) is 6.92 Å². The van der Waals surface area contributed by atoms with Crippen molar-refractivity contribution in [1.29, 1.82) is 0 Å². The standard InChI is InChI=1S/C17H16ClNO2/c1-11-7-8-16(20-2)14(9-11)19-10-13-12-5-3-4-6-15(12)21-17(13)18/h3-9,19H,10H2,1-2H3. The van der Waals surface area contributed by atoms with Gasteiger partial charge in [-0.25, -0.2) is 0 Å². The van der Waals surface area contributed by atoms with E-state index in [0.717, 1.165) is 28.0 Å². The Morgan fingerprint density at radius 3 is 2.81 bits per heavy atom. The Morgan fingerprint density at radius 1 is 1.19 bits per heavy atom. The summed E-state index contributed by atoms with van der Waals surface area (Å²) in [6.07, 6.45) is 0. The summed E-state index contributed by atoms with van der Waals surface area (Å²) in [5.74, 6) is 0.810. The van der Waals surface area contributed by atoms with E-state index in [2.05, 4.69) is 11.4 Å². The quantitative estimate of drug-likeness (QED) is 0.735. The third-order valence-corrected chi connectivity index (χ3v) is 3.76. The average molecular weight is 302 g/mol. The van der Waals surface area contributed by atoms with Crippen molar-refractivity contribution in [3.8, 4) is 5.75 Å². The maximum absolute atomic E-state index is 6.20. The third-order valence-electron chi connectivity index (χ3n) is 3.46. The van der Waals surface area contributed by atoms with Crippen LogP contribution in [0.1, 0.15) is 11.1 Å². The SMILES string of the molecule is COc1ccc(C)cc1NCc1c(Cl)oc2ccccc12. The summed E-state index contributed by atoms with van der Waals surface area (Å²) in [5.41, 5.74) is 3.87. The van der Waals surface area contributed by atoms with E-state index in [0.29, 0.717) is 11.8 Å². The van der Waals surface area contributed by atoms with Gasteiger partial charge >= 0.3 is 0 Å². The fraction of sp³-hybridized carbons (Fsp3) is 0.176. The summed E-state index contributed by atoms with van der Waals surface area (Å²) in [6.45, 7) is 2.63.